The quantitative estimate of drug-likeness (QED) is 0.892. The number of rotatable bonds is 2. The number of hydrogen-bond donors (Lipinski definition) is 1. The zero-order valence-electron chi connectivity index (χ0n) is 9.28. The van der Waals surface area contributed by atoms with Crippen molar-refractivity contribution < 1.29 is 0 Å². The Bertz CT molecular complexity index is 520. The third kappa shape index (κ3) is 2.54. The number of fused-ring (bicyclic) bond motifs is 1. The Kier molecular flexibility index (Phi) is 3.45. The van der Waals surface area contributed by atoms with Gasteiger partial charge in [-0.3, -0.25) is 0 Å². The van der Waals surface area contributed by atoms with Crippen LogP contribution >= 0.6 is 34.7 Å². The molecule has 3 rings (SSSR count). The molecule has 1 aliphatic heterocycles. The van der Waals surface area contributed by atoms with Crippen molar-refractivity contribution in [3.8, 4) is 0 Å². The average Bonchev–Trinajstić information content (AvgIpc) is 2.74. The molecule has 0 saturated carbocycles. The van der Waals surface area contributed by atoms with Crippen LogP contribution in [0.1, 0.15) is 12.8 Å². The number of anilines is 1. The molecule has 5 heteroatoms. The standard InChI is InChI=1S/C12H13ClN2S2/c13-9-4-1-5-10-11(9)17-12(15-10)14-8-3-2-6-16-7-8/h1,4-5,8H,2-3,6-7H2,(H,14,15). The van der Waals surface area contributed by atoms with E-state index in [4.69, 9.17) is 11.6 Å². The zero-order valence-corrected chi connectivity index (χ0v) is 11.7. The van der Waals surface area contributed by atoms with Crippen LogP contribution in [0.15, 0.2) is 18.2 Å². The minimum absolute atomic E-state index is 0.563. The monoisotopic (exact) mass is 284 g/mol. The Morgan fingerprint density at radius 3 is 3.12 bits per heavy atom. The molecule has 1 fully saturated rings. The highest BCUT2D eigenvalue weighted by Crippen LogP contribution is 2.32. The van der Waals surface area contributed by atoms with Gasteiger partial charge in [0.2, 0.25) is 0 Å². The molecular formula is C12H13ClN2S2. The number of nitrogens with one attached hydrogen (secondary N) is 1. The molecule has 0 bridgehead atoms. The number of aromatic nitrogens is 1. The molecule has 1 aliphatic rings. The van der Waals surface area contributed by atoms with E-state index in [1.54, 1.807) is 11.3 Å². The molecule has 1 aromatic carbocycles. The highest BCUT2D eigenvalue weighted by Gasteiger charge is 2.15. The third-order valence-corrected chi connectivity index (χ3v) is 5.53. The van der Waals surface area contributed by atoms with Crippen LogP contribution in [0.25, 0.3) is 10.2 Å². The molecular weight excluding hydrogens is 272 g/mol. The molecule has 17 heavy (non-hydrogen) atoms. The Hall–Kier alpha value is -0.450. The van der Waals surface area contributed by atoms with Gasteiger partial charge in [-0.2, -0.15) is 11.8 Å². The topological polar surface area (TPSA) is 24.9 Å². The van der Waals surface area contributed by atoms with E-state index in [2.05, 4.69) is 10.3 Å². The van der Waals surface area contributed by atoms with Gasteiger partial charge in [0.1, 0.15) is 0 Å². The first-order chi connectivity index (χ1) is 8.33. The molecule has 1 unspecified atom stereocenters. The fourth-order valence-corrected chi connectivity index (χ4v) is 4.31. The average molecular weight is 285 g/mol. The number of nitrogens with zero attached hydrogens (tertiary/aromatic N) is 1. The van der Waals surface area contributed by atoms with Gasteiger partial charge in [0.05, 0.1) is 15.2 Å². The van der Waals surface area contributed by atoms with Crippen LogP contribution in [0.5, 0.6) is 0 Å². The van der Waals surface area contributed by atoms with Crippen molar-refractivity contribution in [3.05, 3.63) is 23.2 Å². The van der Waals surface area contributed by atoms with Gasteiger partial charge in [-0.25, -0.2) is 4.98 Å². The Morgan fingerprint density at radius 1 is 1.41 bits per heavy atom. The summed E-state index contributed by atoms with van der Waals surface area (Å²) in [6, 6.07) is 6.44. The summed E-state index contributed by atoms with van der Waals surface area (Å²) >= 11 is 9.83. The van der Waals surface area contributed by atoms with Gasteiger partial charge in [-0.1, -0.05) is 29.0 Å². The Labute approximate surface area is 114 Å². The van der Waals surface area contributed by atoms with Crippen molar-refractivity contribution in [2.24, 2.45) is 0 Å². The number of hydrogen-bond acceptors (Lipinski definition) is 4. The van der Waals surface area contributed by atoms with Crippen LogP contribution in [-0.4, -0.2) is 22.5 Å². The molecule has 0 spiro atoms. The highest BCUT2D eigenvalue weighted by molar-refractivity contribution is 7.99. The molecule has 1 saturated heterocycles. The van der Waals surface area contributed by atoms with E-state index < -0.39 is 0 Å². The first-order valence-corrected chi connectivity index (χ1v) is 8.07. The lowest BCUT2D eigenvalue weighted by Crippen LogP contribution is -2.25. The molecule has 0 radical (unpaired) electrons. The fraction of sp³-hybridized carbons (Fsp3) is 0.417. The summed E-state index contributed by atoms with van der Waals surface area (Å²) < 4.78 is 1.08. The van der Waals surface area contributed by atoms with Crippen molar-refractivity contribution in [3.63, 3.8) is 0 Å². The molecule has 90 valence electrons. The molecule has 1 aromatic heterocycles. The van der Waals surface area contributed by atoms with Crippen LogP contribution in [-0.2, 0) is 0 Å². The summed E-state index contributed by atoms with van der Waals surface area (Å²) in [4.78, 5) is 4.58. The van der Waals surface area contributed by atoms with Crippen LogP contribution in [0, 0.1) is 0 Å². The minimum atomic E-state index is 0.563. The van der Waals surface area contributed by atoms with Crippen molar-refractivity contribution in [2.75, 3.05) is 16.8 Å². The van der Waals surface area contributed by atoms with E-state index in [-0.39, 0.29) is 0 Å². The van der Waals surface area contributed by atoms with Gasteiger partial charge >= 0.3 is 0 Å². The normalized spacial score (nSPS) is 20.6. The predicted molar refractivity (Wildman–Crippen MR) is 78.6 cm³/mol. The van der Waals surface area contributed by atoms with Gasteiger partial charge < -0.3 is 5.32 Å². The Morgan fingerprint density at radius 2 is 2.35 bits per heavy atom. The Balaban J connectivity index is 1.83. The summed E-state index contributed by atoms with van der Waals surface area (Å²) in [7, 11) is 0. The third-order valence-electron chi connectivity index (χ3n) is 2.85. The summed E-state index contributed by atoms with van der Waals surface area (Å²) in [5.74, 6) is 2.48. The van der Waals surface area contributed by atoms with Gasteiger partial charge in [0.15, 0.2) is 5.13 Å². The SMILES string of the molecule is Clc1cccc2nc(NC3CCCSC3)sc12. The van der Waals surface area contributed by atoms with Crippen LogP contribution < -0.4 is 5.32 Å². The summed E-state index contributed by atoms with van der Waals surface area (Å²) in [6.07, 6.45) is 2.55. The van der Waals surface area contributed by atoms with E-state index >= 15 is 0 Å². The first kappa shape index (κ1) is 11.6. The summed E-state index contributed by atoms with van der Waals surface area (Å²) in [5.41, 5.74) is 0.994. The van der Waals surface area contributed by atoms with E-state index in [1.165, 1.54) is 24.3 Å². The molecule has 1 N–H and O–H groups in total. The van der Waals surface area contributed by atoms with Crippen molar-refractivity contribution in [1.29, 1.82) is 0 Å². The molecule has 2 aromatic rings. The number of benzene rings is 1. The van der Waals surface area contributed by atoms with Crippen molar-refractivity contribution in [2.45, 2.75) is 18.9 Å². The largest absolute Gasteiger partial charge is 0.358 e. The summed E-state index contributed by atoms with van der Waals surface area (Å²) in [5, 5.41) is 5.32. The lowest BCUT2D eigenvalue weighted by molar-refractivity contribution is 0.685. The number of thiazole rings is 1. The molecule has 0 amide bonds. The van der Waals surface area contributed by atoms with Gasteiger partial charge in [0.25, 0.3) is 0 Å². The molecule has 1 atom stereocenters. The van der Waals surface area contributed by atoms with Gasteiger partial charge in [-0.05, 0) is 30.7 Å². The number of halogens is 1. The lowest BCUT2D eigenvalue weighted by Gasteiger charge is -2.21. The molecule has 2 heterocycles. The predicted octanol–water partition coefficient (Wildman–Crippen LogP) is 4.26. The van der Waals surface area contributed by atoms with E-state index in [0.29, 0.717) is 6.04 Å². The fourth-order valence-electron chi connectivity index (χ4n) is 2.01. The minimum Gasteiger partial charge on any atom is -0.358 e. The van der Waals surface area contributed by atoms with E-state index in [9.17, 15) is 0 Å². The van der Waals surface area contributed by atoms with Crippen molar-refractivity contribution >= 4 is 50.0 Å². The maximum absolute atomic E-state index is 6.15. The van der Waals surface area contributed by atoms with Crippen molar-refractivity contribution in [1.82, 2.24) is 4.98 Å². The van der Waals surface area contributed by atoms with Crippen LogP contribution in [0.3, 0.4) is 0 Å². The maximum atomic E-state index is 6.15. The van der Waals surface area contributed by atoms with Gasteiger partial charge in [-0.15, -0.1) is 0 Å². The van der Waals surface area contributed by atoms with E-state index in [0.717, 1.165) is 20.4 Å². The van der Waals surface area contributed by atoms with Crippen LogP contribution in [0.2, 0.25) is 5.02 Å². The first-order valence-electron chi connectivity index (χ1n) is 5.72. The van der Waals surface area contributed by atoms with E-state index in [1.807, 2.05) is 30.0 Å². The lowest BCUT2D eigenvalue weighted by atomic mass is 10.2. The molecule has 0 aliphatic carbocycles. The second-order valence-electron chi connectivity index (χ2n) is 4.17. The second kappa shape index (κ2) is 5.04. The molecule has 2 nitrogen and oxygen atoms in total. The highest BCUT2D eigenvalue weighted by atomic mass is 35.5. The second-order valence-corrected chi connectivity index (χ2v) is 6.72. The van der Waals surface area contributed by atoms with Gasteiger partial charge in [0, 0.05) is 11.8 Å². The maximum Gasteiger partial charge on any atom is 0.184 e. The zero-order chi connectivity index (χ0) is 11.7. The van der Waals surface area contributed by atoms with Crippen LogP contribution in [0.4, 0.5) is 5.13 Å². The smallest absolute Gasteiger partial charge is 0.184 e. The number of thioether (sulfide) groups is 1. The summed E-state index contributed by atoms with van der Waals surface area (Å²) in [6.45, 7) is 0.